The minimum atomic E-state index is -3.50. The number of amides is 1. The fourth-order valence-electron chi connectivity index (χ4n) is 3.31. The summed E-state index contributed by atoms with van der Waals surface area (Å²) in [5.41, 5.74) is 0.405. The largest absolute Gasteiger partial charge is 0.444 e. The second-order valence-electron chi connectivity index (χ2n) is 7.46. The van der Waals surface area contributed by atoms with Crippen molar-refractivity contribution in [3.05, 3.63) is 42.0 Å². The van der Waals surface area contributed by atoms with Crippen molar-refractivity contribution >= 4 is 15.9 Å². The fourth-order valence-corrected chi connectivity index (χ4v) is 5.21. The van der Waals surface area contributed by atoms with Crippen LogP contribution in [0.5, 0.6) is 0 Å². The summed E-state index contributed by atoms with van der Waals surface area (Å²) in [6, 6.07) is 6.19. The fraction of sp³-hybridized carbons (Fsp3) is 0.500. The first-order valence-corrected chi connectivity index (χ1v) is 9.64. The third-order valence-electron chi connectivity index (χ3n) is 4.42. The van der Waals surface area contributed by atoms with Gasteiger partial charge in [0.1, 0.15) is 5.60 Å². The van der Waals surface area contributed by atoms with Crippen LogP contribution in [0, 0.1) is 6.92 Å². The van der Waals surface area contributed by atoms with E-state index in [4.69, 9.17) is 4.74 Å². The Hall–Kier alpha value is -1.82. The van der Waals surface area contributed by atoms with Crippen molar-refractivity contribution in [2.45, 2.75) is 61.9 Å². The molecule has 0 unspecified atom stereocenters. The second-order valence-corrected chi connectivity index (χ2v) is 9.63. The van der Waals surface area contributed by atoms with E-state index in [9.17, 15) is 13.2 Å². The first-order valence-electron chi connectivity index (χ1n) is 8.10. The molecule has 1 fully saturated rings. The number of ether oxygens (including phenoxy) is 1. The number of hydrogen-bond donors (Lipinski definition) is 0. The van der Waals surface area contributed by atoms with Crippen molar-refractivity contribution in [1.82, 2.24) is 4.90 Å². The zero-order chi connectivity index (χ0) is 17.7. The summed E-state index contributed by atoms with van der Waals surface area (Å²) in [4.78, 5) is 14.3. The molecule has 2 aliphatic heterocycles. The minimum Gasteiger partial charge on any atom is -0.444 e. The van der Waals surface area contributed by atoms with Gasteiger partial charge in [-0.1, -0.05) is 29.8 Å². The molecule has 3 rings (SSSR count). The molecule has 2 bridgehead atoms. The van der Waals surface area contributed by atoms with Crippen molar-refractivity contribution in [2.75, 3.05) is 0 Å². The molecule has 0 saturated carbocycles. The maximum Gasteiger partial charge on any atom is 0.411 e. The Morgan fingerprint density at radius 1 is 1.17 bits per heavy atom. The molecule has 0 aliphatic carbocycles. The van der Waals surface area contributed by atoms with Crippen molar-refractivity contribution < 1.29 is 17.9 Å². The molecule has 2 heterocycles. The first-order chi connectivity index (χ1) is 11.1. The Morgan fingerprint density at radius 2 is 1.79 bits per heavy atom. The lowest BCUT2D eigenvalue weighted by molar-refractivity contribution is 0.0233. The number of fused-ring (bicyclic) bond motifs is 2. The smallest absolute Gasteiger partial charge is 0.411 e. The van der Waals surface area contributed by atoms with Gasteiger partial charge in [-0.3, -0.25) is 4.90 Å². The standard InChI is InChI=1S/C18H23NO4S/c1-12-5-8-14(9-6-12)24(21,22)16-11-13-7-10-15(16)19(13)17(20)23-18(2,3)4/h5-10,13,15-16H,11H2,1-4H3/t13-,15+,16-/m0/s1. The van der Waals surface area contributed by atoms with E-state index in [2.05, 4.69) is 0 Å². The number of carbonyl (C=O) groups is 1. The normalized spacial score (nSPS) is 26.0. The molecule has 6 heteroatoms. The van der Waals surface area contributed by atoms with E-state index in [1.807, 2.05) is 19.1 Å². The number of rotatable bonds is 2. The molecule has 24 heavy (non-hydrogen) atoms. The lowest BCUT2D eigenvalue weighted by atomic mass is 10.1. The number of nitrogens with zero attached hydrogens (tertiary/aromatic N) is 1. The maximum absolute atomic E-state index is 13.0. The highest BCUT2D eigenvalue weighted by atomic mass is 32.2. The second kappa shape index (κ2) is 5.62. The average Bonchev–Trinajstić information content (AvgIpc) is 3.04. The van der Waals surface area contributed by atoms with E-state index in [1.165, 1.54) is 0 Å². The van der Waals surface area contributed by atoms with Crippen molar-refractivity contribution in [2.24, 2.45) is 0 Å². The predicted octanol–water partition coefficient (Wildman–Crippen LogP) is 3.09. The van der Waals surface area contributed by atoms with Crippen LogP contribution in [0.2, 0.25) is 0 Å². The molecule has 5 nitrogen and oxygen atoms in total. The summed E-state index contributed by atoms with van der Waals surface area (Å²) in [5.74, 6) is 0. The Balaban J connectivity index is 1.86. The monoisotopic (exact) mass is 349 g/mol. The Kier molecular flexibility index (Phi) is 3.98. The van der Waals surface area contributed by atoms with Crippen molar-refractivity contribution in [1.29, 1.82) is 0 Å². The lowest BCUT2D eigenvalue weighted by Gasteiger charge is -2.28. The molecule has 1 aromatic rings. The highest BCUT2D eigenvalue weighted by Gasteiger charge is 2.52. The van der Waals surface area contributed by atoms with Crippen LogP contribution < -0.4 is 0 Å². The molecular formula is C18H23NO4S. The molecular weight excluding hydrogens is 326 g/mol. The highest BCUT2D eigenvalue weighted by molar-refractivity contribution is 7.92. The van der Waals surface area contributed by atoms with E-state index in [1.54, 1.807) is 49.9 Å². The summed E-state index contributed by atoms with van der Waals surface area (Å²) in [7, 11) is -3.50. The molecule has 0 spiro atoms. The third-order valence-corrected chi connectivity index (χ3v) is 6.61. The highest BCUT2D eigenvalue weighted by Crippen LogP contribution is 2.39. The Bertz CT molecular complexity index is 774. The summed E-state index contributed by atoms with van der Waals surface area (Å²) in [5, 5.41) is -0.622. The van der Waals surface area contributed by atoms with Gasteiger partial charge in [0, 0.05) is 0 Å². The molecule has 0 N–H and O–H groups in total. The zero-order valence-electron chi connectivity index (χ0n) is 14.4. The molecule has 1 amide bonds. The number of sulfone groups is 1. The van der Waals surface area contributed by atoms with Crippen LogP contribution >= 0.6 is 0 Å². The summed E-state index contributed by atoms with van der Waals surface area (Å²) < 4.78 is 31.4. The SMILES string of the molecule is Cc1ccc(S(=O)(=O)[C@H]2C[C@@H]3C=C[C@H]2N3C(=O)OC(C)(C)C)cc1. The van der Waals surface area contributed by atoms with E-state index >= 15 is 0 Å². The predicted molar refractivity (Wildman–Crippen MR) is 91.6 cm³/mol. The average molecular weight is 349 g/mol. The number of hydrogen-bond acceptors (Lipinski definition) is 4. The van der Waals surface area contributed by atoms with Crippen molar-refractivity contribution in [3.63, 3.8) is 0 Å². The zero-order valence-corrected chi connectivity index (χ0v) is 15.2. The molecule has 130 valence electrons. The first kappa shape index (κ1) is 17.0. The van der Waals surface area contributed by atoms with Crippen LogP contribution in [0.15, 0.2) is 41.3 Å². The Labute approximate surface area is 143 Å². The van der Waals surface area contributed by atoms with Gasteiger partial charge in [-0.15, -0.1) is 0 Å². The van der Waals surface area contributed by atoms with Crippen LogP contribution in [-0.4, -0.2) is 42.3 Å². The van der Waals surface area contributed by atoms with E-state index in [0.29, 0.717) is 11.3 Å². The summed E-state index contributed by atoms with van der Waals surface area (Å²) in [6.07, 6.45) is 3.67. The van der Waals surface area contributed by atoms with Gasteiger partial charge >= 0.3 is 6.09 Å². The van der Waals surface area contributed by atoms with Crippen LogP contribution in [0.1, 0.15) is 32.8 Å². The van der Waals surface area contributed by atoms with E-state index < -0.39 is 32.8 Å². The number of aryl methyl sites for hydroxylation is 1. The van der Waals surface area contributed by atoms with Crippen molar-refractivity contribution in [3.8, 4) is 0 Å². The maximum atomic E-state index is 13.0. The van der Waals surface area contributed by atoms with Gasteiger partial charge in [0.05, 0.1) is 22.2 Å². The van der Waals surface area contributed by atoms with E-state index in [-0.39, 0.29) is 6.04 Å². The van der Waals surface area contributed by atoms with Crippen LogP contribution in [0.3, 0.4) is 0 Å². The van der Waals surface area contributed by atoms with Crippen LogP contribution in [0.4, 0.5) is 4.79 Å². The number of carbonyl (C=O) groups excluding carboxylic acids is 1. The topological polar surface area (TPSA) is 63.7 Å². The van der Waals surface area contributed by atoms with Gasteiger partial charge in [-0.2, -0.15) is 0 Å². The molecule has 1 aromatic carbocycles. The molecule has 0 aromatic heterocycles. The van der Waals surface area contributed by atoms with Gasteiger partial charge in [0.25, 0.3) is 0 Å². The quantitative estimate of drug-likeness (QED) is 0.770. The third kappa shape index (κ3) is 2.95. The van der Waals surface area contributed by atoms with Gasteiger partial charge in [0.15, 0.2) is 9.84 Å². The van der Waals surface area contributed by atoms with Gasteiger partial charge in [-0.25, -0.2) is 13.2 Å². The number of benzene rings is 1. The Morgan fingerprint density at radius 3 is 2.38 bits per heavy atom. The van der Waals surface area contributed by atoms with E-state index in [0.717, 1.165) is 5.56 Å². The summed E-state index contributed by atoms with van der Waals surface area (Å²) in [6.45, 7) is 7.32. The van der Waals surface area contributed by atoms with Gasteiger partial charge in [-0.05, 0) is 46.2 Å². The molecule has 1 saturated heterocycles. The lowest BCUT2D eigenvalue weighted by Crippen LogP contribution is -2.43. The molecule has 2 aliphatic rings. The molecule has 0 radical (unpaired) electrons. The van der Waals surface area contributed by atoms with Crippen LogP contribution in [0.25, 0.3) is 0 Å². The van der Waals surface area contributed by atoms with Gasteiger partial charge in [0.2, 0.25) is 0 Å². The van der Waals surface area contributed by atoms with Crippen LogP contribution in [-0.2, 0) is 14.6 Å². The van der Waals surface area contributed by atoms with Gasteiger partial charge < -0.3 is 4.74 Å². The molecule has 3 atom stereocenters. The summed E-state index contributed by atoms with van der Waals surface area (Å²) >= 11 is 0. The minimum absolute atomic E-state index is 0.213.